The van der Waals surface area contributed by atoms with E-state index in [1.165, 1.54) is 8.61 Å². The van der Waals surface area contributed by atoms with Crippen molar-refractivity contribution in [2.24, 2.45) is 0 Å². The van der Waals surface area contributed by atoms with E-state index < -0.39 is 20.0 Å². The van der Waals surface area contributed by atoms with Crippen molar-refractivity contribution < 1.29 is 21.6 Å². The lowest BCUT2D eigenvalue weighted by Gasteiger charge is -2.34. The summed E-state index contributed by atoms with van der Waals surface area (Å²) in [5.74, 6) is -0.0966. The molecular weight excluding hydrogens is 462 g/mol. The van der Waals surface area contributed by atoms with Crippen LogP contribution in [0.3, 0.4) is 0 Å². The minimum atomic E-state index is -3.59. The van der Waals surface area contributed by atoms with Gasteiger partial charge in [0.15, 0.2) is 0 Å². The highest BCUT2D eigenvalue weighted by atomic mass is 32.2. The van der Waals surface area contributed by atoms with E-state index >= 15 is 0 Å². The Bertz CT molecular complexity index is 1190. The molecule has 2 aromatic rings. The van der Waals surface area contributed by atoms with E-state index in [0.29, 0.717) is 25.2 Å². The van der Waals surface area contributed by atoms with E-state index in [0.717, 1.165) is 17.4 Å². The van der Waals surface area contributed by atoms with Gasteiger partial charge in [-0.05, 0) is 44.0 Å². The summed E-state index contributed by atoms with van der Waals surface area (Å²) in [4.78, 5) is 14.6. The van der Waals surface area contributed by atoms with Crippen LogP contribution in [0.5, 0.6) is 0 Å². The zero-order chi connectivity index (χ0) is 24.2. The van der Waals surface area contributed by atoms with Gasteiger partial charge in [0.05, 0.1) is 16.8 Å². The van der Waals surface area contributed by atoms with Gasteiger partial charge in [0.1, 0.15) is 0 Å². The van der Waals surface area contributed by atoms with E-state index in [4.69, 9.17) is 0 Å². The number of benzene rings is 2. The van der Waals surface area contributed by atoms with Crippen LogP contribution in [0.25, 0.3) is 0 Å². The SMILES string of the molecule is Cc1ccc(S(=O)(=O)N2CCN(C(=O)CCCN(c3ccccc3C)S(C)(=O)=O)CC2)cc1. The van der Waals surface area contributed by atoms with Crippen LogP contribution in [0.1, 0.15) is 24.0 Å². The van der Waals surface area contributed by atoms with Crippen molar-refractivity contribution in [2.45, 2.75) is 31.6 Å². The summed E-state index contributed by atoms with van der Waals surface area (Å²) in [5, 5.41) is 0. The van der Waals surface area contributed by atoms with Gasteiger partial charge in [-0.1, -0.05) is 35.9 Å². The van der Waals surface area contributed by atoms with Crippen LogP contribution in [-0.2, 0) is 24.8 Å². The van der Waals surface area contributed by atoms with Crippen molar-refractivity contribution in [3.63, 3.8) is 0 Å². The number of hydrogen-bond donors (Lipinski definition) is 0. The van der Waals surface area contributed by atoms with Gasteiger partial charge < -0.3 is 4.90 Å². The minimum Gasteiger partial charge on any atom is -0.340 e. The highest BCUT2D eigenvalue weighted by Gasteiger charge is 2.30. The quantitative estimate of drug-likeness (QED) is 0.563. The first kappa shape index (κ1) is 25.2. The average Bonchev–Trinajstić information content (AvgIpc) is 2.77. The van der Waals surface area contributed by atoms with E-state index in [-0.39, 0.29) is 36.9 Å². The van der Waals surface area contributed by atoms with Crippen molar-refractivity contribution in [3.8, 4) is 0 Å². The second kappa shape index (κ2) is 10.2. The number of rotatable bonds is 8. The molecule has 1 aliphatic rings. The highest BCUT2D eigenvalue weighted by Crippen LogP contribution is 2.23. The van der Waals surface area contributed by atoms with Gasteiger partial charge in [-0.2, -0.15) is 4.31 Å². The fourth-order valence-corrected chi connectivity index (χ4v) is 6.32. The van der Waals surface area contributed by atoms with Crippen LogP contribution in [0.2, 0.25) is 0 Å². The molecule has 0 aromatic heterocycles. The molecule has 0 atom stereocenters. The first-order valence-corrected chi connectivity index (χ1v) is 14.2. The molecule has 0 radical (unpaired) electrons. The number of carbonyl (C=O) groups excluding carboxylic acids is 1. The van der Waals surface area contributed by atoms with E-state index in [1.54, 1.807) is 41.3 Å². The van der Waals surface area contributed by atoms with Gasteiger partial charge in [-0.15, -0.1) is 0 Å². The molecule has 0 aliphatic carbocycles. The summed E-state index contributed by atoms with van der Waals surface area (Å²) in [7, 11) is -7.07. The molecule has 2 aromatic carbocycles. The number of aryl methyl sites for hydroxylation is 2. The molecule has 0 spiro atoms. The Balaban J connectivity index is 1.55. The Morgan fingerprint density at radius 3 is 2.09 bits per heavy atom. The van der Waals surface area contributed by atoms with Crippen LogP contribution in [-0.4, -0.2) is 70.9 Å². The van der Waals surface area contributed by atoms with Gasteiger partial charge >= 0.3 is 0 Å². The third-order valence-corrected chi connectivity index (χ3v) is 8.88. The molecule has 3 rings (SSSR count). The van der Waals surface area contributed by atoms with Crippen LogP contribution in [0, 0.1) is 13.8 Å². The Kier molecular flexibility index (Phi) is 7.81. The van der Waals surface area contributed by atoms with Crippen LogP contribution < -0.4 is 4.31 Å². The number of amides is 1. The molecule has 1 saturated heterocycles. The predicted octanol–water partition coefficient (Wildman–Crippen LogP) is 2.38. The van der Waals surface area contributed by atoms with Crippen molar-refractivity contribution >= 4 is 31.6 Å². The predicted molar refractivity (Wildman–Crippen MR) is 129 cm³/mol. The number of sulfonamides is 2. The van der Waals surface area contributed by atoms with Crippen molar-refractivity contribution in [1.29, 1.82) is 0 Å². The largest absolute Gasteiger partial charge is 0.340 e. The number of piperazine rings is 1. The minimum absolute atomic E-state index is 0.0966. The van der Waals surface area contributed by atoms with Crippen molar-refractivity contribution in [1.82, 2.24) is 9.21 Å². The van der Waals surface area contributed by atoms with E-state index in [9.17, 15) is 21.6 Å². The first-order valence-electron chi connectivity index (χ1n) is 10.9. The van der Waals surface area contributed by atoms with E-state index in [1.807, 2.05) is 26.0 Å². The van der Waals surface area contributed by atoms with Crippen molar-refractivity contribution in [2.75, 3.05) is 43.3 Å². The normalized spacial score (nSPS) is 15.4. The Hall–Kier alpha value is -2.43. The van der Waals surface area contributed by atoms with Gasteiger partial charge in [0.2, 0.25) is 26.0 Å². The summed E-state index contributed by atoms with van der Waals surface area (Å²) < 4.78 is 53.0. The number of para-hydroxylation sites is 1. The molecule has 0 bridgehead atoms. The van der Waals surface area contributed by atoms with Gasteiger partial charge in [0, 0.05) is 39.1 Å². The molecule has 0 saturated carbocycles. The van der Waals surface area contributed by atoms with Gasteiger partial charge in [-0.25, -0.2) is 16.8 Å². The van der Waals surface area contributed by atoms with Crippen molar-refractivity contribution in [3.05, 3.63) is 59.7 Å². The Morgan fingerprint density at radius 2 is 1.52 bits per heavy atom. The Labute approximate surface area is 196 Å². The summed E-state index contributed by atoms with van der Waals surface area (Å²) in [6, 6.07) is 14.0. The zero-order valence-corrected chi connectivity index (χ0v) is 20.9. The topological polar surface area (TPSA) is 95.1 Å². The van der Waals surface area contributed by atoms with Crippen LogP contribution >= 0.6 is 0 Å². The fourth-order valence-electron chi connectivity index (χ4n) is 3.88. The lowest BCUT2D eigenvalue weighted by Crippen LogP contribution is -2.50. The first-order chi connectivity index (χ1) is 15.5. The number of anilines is 1. The molecule has 1 aliphatic heterocycles. The summed E-state index contributed by atoms with van der Waals surface area (Å²) >= 11 is 0. The summed E-state index contributed by atoms with van der Waals surface area (Å²) in [6.45, 7) is 5.06. The zero-order valence-electron chi connectivity index (χ0n) is 19.3. The molecule has 1 heterocycles. The molecule has 0 unspecified atom stereocenters. The lowest BCUT2D eigenvalue weighted by atomic mass is 10.2. The monoisotopic (exact) mass is 493 g/mol. The molecule has 33 heavy (non-hydrogen) atoms. The fraction of sp³-hybridized carbons (Fsp3) is 0.435. The molecular formula is C23H31N3O5S2. The van der Waals surface area contributed by atoms with Gasteiger partial charge in [-0.3, -0.25) is 9.10 Å². The summed E-state index contributed by atoms with van der Waals surface area (Å²) in [6.07, 6.45) is 1.74. The molecule has 8 nitrogen and oxygen atoms in total. The molecule has 180 valence electrons. The molecule has 10 heteroatoms. The second-order valence-electron chi connectivity index (χ2n) is 8.32. The van der Waals surface area contributed by atoms with Crippen LogP contribution in [0.4, 0.5) is 5.69 Å². The molecule has 1 fully saturated rings. The Morgan fingerprint density at radius 1 is 0.909 bits per heavy atom. The maximum Gasteiger partial charge on any atom is 0.243 e. The van der Waals surface area contributed by atoms with E-state index in [2.05, 4.69) is 0 Å². The maximum atomic E-state index is 12.8. The maximum absolute atomic E-state index is 12.8. The number of hydrogen-bond acceptors (Lipinski definition) is 5. The summed E-state index contributed by atoms with van der Waals surface area (Å²) in [5.41, 5.74) is 2.45. The third kappa shape index (κ3) is 6.13. The number of carbonyl (C=O) groups is 1. The van der Waals surface area contributed by atoms with Crippen LogP contribution in [0.15, 0.2) is 53.4 Å². The average molecular weight is 494 g/mol. The standard InChI is InChI=1S/C23H31N3O5S2/c1-19-10-12-21(13-11-19)33(30,31)25-17-15-24(16-18-25)23(27)9-6-14-26(32(3,28)29)22-8-5-4-7-20(22)2/h4-5,7-8,10-13H,6,9,14-18H2,1-3H3. The van der Waals surface area contributed by atoms with Gasteiger partial charge in [0.25, 0.3) is 0 Å². The highest BCUT2D eigenvalue weighted by molar-refractivity contribution is 7.92. The number of nitrogens with zero attached hydrogens (tertiary/aromatic N) is 3. The lowest BCUT2D eigenvalue weighted by molar-refractivity contribution is -0.132. The smallest absolute Gasteiger partial charge is 0.243 e. The molecule has 0 N–H and O–H groups in total. The second-order valence-corrected chi connectivity index (χ2v) is 12.2. The third-order valence-electron chi connectivity index (χ3n) is 5.79. The molecule has 1 amide bonds.